The van der Waals surface area contributed by atoms with Gasteiger partial charge in [-0.3, -0.25) is 9.59 Å². The highest BCUT2D eigenvalue weighted by atomic mass is 16.5. The van der Waals surface area contributed by atoms with Gasteiger partial charge in [-0.05, 0) is 32.0 Å². The fourth-order valence-electron chi connectivity index (χ4n) is 3.47. The zero-order chi connectivity index (χ0) is 19.0. The predicted octanol–water partition coefficient (Wildman–Crippen LogP) is 2.63. The zero-order valence-corrected chi connectivity index (χ0v) is 15.4. The highest BCUT2D eigenvalue weighted by Gasteiger charge is 2.25. The van der Waals surface area contributed by atoms with E-state index < -0.39 is 0 Å². The van der Waals surface area contributed by atoms with Crippen LogP contribution in [-0.2, 0) is 6.54 Å². The van der Waals surface area contributed by atoms with Crippen LogP contribution in [0.15, 0.2) is 47.4 Å². The molecule has 0 unspecified atom stereocenters. The molecule has 0 radical (unpaired) electrons. The molecule has 27 heavy (non-hydrogen) atoms. The third-order valence-corrected chi connectivity index (χ3v) is 4.95. The summed E-state index contributed by atoms with van der Waals surface area (Å²) in [5.41, 5.74) is 2.38. The third kappa shape index (κ3) is 3.07. The van der Waals surface area contributed by atoms with Gasteiger partial charge in [0.15, 0.2) is 0 Å². The molecule has 0 fully saturated rings. The maximum absolute atomic E-state index is 12.8. The van der Waals surface area contributed by atoms with Gasteiger partial charge >= 0.3 is 0 Å². The van der Waals surface area contributed by atoms with Crippen molar-refractivity contribution < 1.29 is 9.53 Å². The summed E-state index contributed by atoms with van der Waals surface area (Å²) >= 11 is 0. The Bertz CT molecular complexity index is 1090. The normalized spacial score (nSPS) is 15.4. The van der Waals surface area contributed by atoms with Crippen molar-refractivity contribution in [3.63, 3.8) is 0 Å². The molecule has 1 N–H and O–H groups in total. The van der Waals surface area contributed by atoms with Gasteiger partial charge in [0.2, 0.25) is 5.43 Å². The number of rotatable bonds is 4. The van der Waals surface area contributed by atoms with Gasteiger partial charge in [0, 0.05) is 36.5 Å². The zero-order valence-electron chi connectivity index (χ0n) is 15.4. The van der Waals surface area contributed by atoms with Crippen LogP contribution in [0.1, 0.15) is 34.5 Å². The molecule has 0 saturated carbocycles. The third-order valence-electron chi connectivity index (χ3n) is 4.95. The van der Waals surface area contributed by atoms with Gasteiger partial charge in [-0.25, -0.2) is 4.98 Å². The summed E-state index contributed by atoms with van der Waals surface area (Å²) in [7, 11) is 0. The van der Waals surface area contributed by atoms with E-state index >= 15 is 0 Å². The Labute approximate surface area is 156 Å². The number of para-hydroxylation sites is 1. The summed E-state index contributed by atoms with van der Waals surface area (Å²) < 4.78 is 7.49. The minimum Gasteiger partial charge on any atom is -0.493 e. The number of carbonyl (C=O) groups is 1. The first-order valence-electron chi connectivity index (χ1n) is 9.09. The summed E-state index contributed by atoms with van der Waals surface area (Å²) in [6, 6.07) is 11.4. The lowest BCUT2D eigenvalue weighted by atomic mass is 10.0. The lowest BCUT2D eigenvalue weighted by Gasteiger charge is -2.13. The molecule has 3 heterocycles. The van der Waals surface area contributed by atoms with E-state index in [0.717, 1.165) is 17.0 Å². The molecule has 0 bridgehead atoms. The van der Waals surface area contributed by atoms with Crippen LogP contribution < -0.4 is 15.5 Å². The standard InChI is InChI=1S/C21H21N3O3/c1-3-24-11-17(19(25)16-9-8-13(2)23-20(16)24)21(26)22-10-14-12-27-18-7-5-4-6-15(14)18/h4-9,11,14H,3,10,12H2,1-2H3,(H,22,26)/t14-/m0/s1. The van der Waals surface area contributed by atoms with Crippen molar-refractivity contribution in [3.8, 4) is 5.75 Å². The number of fused-ring (bicyclic) bond motifs is 2. The Balaban J connectivity index is 1.61. The predicted molar refractivity (Wildman–Crippen MR) is 103 cm³/mol. The molecular weight excluding hydrogens is 342 g/mol. The maximum Gasteiger partial charge on any atom is 0.256 e. The number of benzene rings is 1. The number of pyridine rings is 2. The fraction of sp³-hybridized carbons (Fsp3) is 0.286. The smallest absolute Gasteiger partial charge is 0.256 e. The molecular formula is C21H21N3O3. The van der Waals surface area contributed by atoms with Crippen molar-refractivity contribution in [2.75, 3.05) is 13.2 Å². The molecule has 1 amide bonds. The second kappa shape index (κ2) is 6.87. The van der Waals surface area contributed by atoms with Crippen LogP contribution in [-0.4, -0.2) is 28.6 Å². The summed E-state index contributed by atoms with van der Waals surface area (Å²) in [5, 5.41) is 3.36. The van der Waals surface area contributed by atoms with Crippen molar-refractivity contribution in [1.29, 1.82) is 0 Å². The molecule has 138 valence electrons. The van der Waals surface area contributed by atoms with Gasteiger partial charge < -0.3 is 14.6 Å². The van der Waals surface area contributed by atoms with Crippen LogP contribution in [0.3, 0.4) is 0 Å². The first kappa shape index (κ1) is 17.3. The van der Waals surface area contributed by atoms with E-state index in [1.165, 1.54) is 0 Å². The number of ether oxygens (including phenoxy) is 1. The average Bonchev–Trinajstić information content (AvgIpc) is 3.09. The van der Waals surface area contributed by atoms with E-state index in [1.54, 1.807) is 18.3 Å². The molecule has 0 saturated heterocycles. The van der Waals surface area contributed by atoms with Crippen LogP contribution in [0.5, 0.6) is 5.75 Å². The van der Waals surface area contributed by atoms with E-state index in [-0.39, 0.29) is 22.8 Å². The summed E-state index contributed by atoms with van der Waals surface area (Å²) in [6.45, 7) is 5.41. The molecule has 2 aromatic heterocycles. The van der Waals surface area contributed by atoms with Gasteiger partial charge in [-0.15, -0.1) is 0 Å². The van der Waals surface area contributed by atoms with Crippen LogP contribution in [0.2, 0.25) is 0 Å². The first-order chi connectivity index (χ1) is 13.1. The molecule has 0 aliphatic carbocycles. The number of aromatic nitrogens is 2. The first-order valence-corrected chi connectivity index (χ1v) is 9.09. The van der Waals surface area contributed by atoms with Crippen LogP contribution >= 0.6 is 0 Å². The van der Waals surface area contributed by atoms with Crippen LogP contribution in [0.25, 0.3) is 11.0 Å². The SMILES string of the molecule is CCn1cc(C(=O)NC[C@H]2COc3ccccc32)c(=O)c2ccc(C)nc21. The van der Waals surface area contributed by atoms with Crippen molar-refractivity contribution in [1.82, 2.24) is 14.9 Å². The lowest BCUT2D eigenvalue weighted by molar-refractivity contribution is 0.0948. The number of hydrogen-bond donors (Lipinski definition) is 1. The van der Waals surface area contributed by atoms with Gasteiger partial charge in [0.05, 0.1) is 12.0 Å². The van der Waals surface area contributed by atoms with E-state index in [2.05, 4.69) is 10.3 Å². The van der Waals surface area contributed by atoms with Gasteiger partial charge in [-0.2, -0.15) is 0 Å². The average molecular weight is 363 g/mol. The van der Waals surface area contributed by atoms with E-state index in [0.29, 0.717) is 30.7 Å². The largest absolute Gasteiger partial charge is 0.493 e. The Morgan fingerprint density at radius 3 is 2.93 bits per heavy atom. The molecule has 4 rings (SSSR count). The van der Waals surface area contributed by atoms with Crippen molar-refractivity contribution in [2.24, 2.45) is 0 Å². The van der Waals surface area contributed by atoms with Gasteiger partial charge in [-0.1, -0.05) is 18.2 Å². The summed E-state index contributed by atoms with van der Waals surface area (Å²) in [4.78, 5) is 30.0. The monoisotopic (exact) mass is 363 g/mol. The highest BCUT2D eigenvalue weighted by Crippen LogP contribution is 2.32. The molecule has 6 nitrogen and oxygen atoms in total. The summed E-state index contributed by atoms with van der Waals surface area (Å²) in [6.07, 6.45) is 1.60. The molecule has 0 spiro atoms. The minimum atomic E-state index is -0.367. The molecule has 3 aromatic rings. The van der Waals surface area contributed by atoms with E-state index in [9.17, 15) is 9.59 Å². The van der Waals surface area contributed by atoms with Crippen LogP contribution in [0, 0.1) is 6.92 Å². The van der Waals surface area contributed by atoms with Crippen molar-refractivity contribution >= 4 is 16.9 Å². The number of hydrogen-bond acceptors (Lipinski definition) is 4. The maximum atomic E-state index is 12.8. The Hall–Kier alpha value is -3.15. The quantitative estimate of drug-likeness (QED) is 0.773. The Kier molecular flexibility index (Phi) is 4.39. The molecule has 1 aliphatic heterocycles. The minimum absolute atomic E-state index is 0.0864. The number of aryl methyl sites for hydroxylation is 2. The van der Waals surface area contributed by atoms with Crippen molar-refractivity contribution in [3.05, 3.63) is 69.6 Å². The molecule has 1 atom stereocenters. The van der Waals surface area contributed by atoms with Gasteiger partial charge in [0.1, 0.15) is 17.0 Å². The number of carbonyl (C=O) groups excluding carboxylic acids is 1. The fourth-order valence-corrected chi connectivity index (χ4v) is 3.47. The van der Waals surface area contributed by atoms with Gasteiger partial charge in [0.25, 0.3) is 5.91 Å². The van der Waals surface area contributed by atoms with Crippen molar-refractivity contribution in [2.45, 2.75) is 26.3 Å². The molecule has 1 aromatic carbocycles. The second-order valence-electron chi connectivity index (χ2n) is 6.74. The topological polar surface area (TPSA) is 73.2 Å². The summed E-state index contributed by atoms with van der Waals surface area (Å²) in [5.74, 6) is 0.578. The number of nitrogens with zero attached hydrogens (tertiary/aromatic N) is 2. The number of nitrogens with one attached hydrogen (secondary N) is 1. The highest BCUT2D eigenvalue weighted by molar-refractivity contribution is 5.96. The second-order valence-corrected chi connectivity index (χ2v) is 6.74. The number of amides is 1. The Morgan fingerprint density at radius 1 is 1.30 bits per heavy atom. The molecule has 1 aliphatic rings. The Morgan fingerprint density at radius 2 is 2.11 bits per heavy atom. The van der Waals surface area contributed by atoms with E-state index in [4.69, 9.17) is 4.74 Å². The lowest BCUT2D eigenvalue weighted by Crippen LogP contribution is -2.33. The van der Waals surface area contributed by atoms with Crippen LogP contribution in [0.4, 0.5) is 0 Å². The van der Waals surface area contributed by atoms with E-state index in [1.807, 2.05) is 42.7 Å². The molecule has 6 heteroatoms.